The van der Waals surface area contributed by atoms with Crippen molar-refractivity contribution in [3.63, 3.8) is 0 Å². The fourth-order valence-corrected chi connectivity index (χ4v) is 2.67. The Morgan fingerprint density at radius 3 is 2.63 bits per heavy atom. The lowest BCUT2D eigenvalue weighted by atomic mass is 10.1. The maximum absolute atomic E-state index is 11.9. The third-order valence-corrected chi connectivity index (χ3v) is 3.86. The zero-order valence-electron chi connectivity index (χ0n) is 9.80. The second-order valence-electron chi connectivity index (χ2n) is 4.25. The van der Waals surface area contributed by atoms with Crippen LogP contribution in [0.3, 0.4) is 0 Å². The van der Waals surface area contributed by atoms with E-state index in [0.29, 0.717) is 10.2 Å². The van der Waals surface area contributed by atoms with Crippen LogP contribution in [-0.4, -0.2) is 29.4 Å². The first kappa shape index (κ1) is 13.5. The second-order valence-corrected chi connectivity index (χ2v) is 5.04. The molecule has 1 atom stereocenters. The molecule has 0 aliphatic carbocycles. The molecule has 1 aliphatic rings. The SMILES string of the molecule is NC(=O)C1CC(=O)N(c2cccc(C(=O)O)c2Br)C1. The monoisotopic (exact) mass is 326 g/mol. The Hall–Kier alpha value is -1.89. The van der Waals surface area contributed by atoms with Gasteiger partial charge >= 0.3 is 5.97 Å². The van der Waals surface area contributed by atoms with Crippen LogP contribution < -0.4 is 10.6 Å². The van der Waals surface area contributed by atoms with Gasteiger partial charge in [0.1, 0.15) is 0 Å². The first-order valence-corrected chi connectivity index (χ1v) is 6.32. The quantitative estimate of drug-likeness (QED) is 0.864. The van der Waals surface area contributed by atoms with Crippen molar-refractivity contribution in [1.29, 1.82) is 0 Å². The molecule has 1 aliphatic heterocycles. The number of nitrogens with two attached hydrogens (primary N) is 1. The number of carbonyl (C=O) groups excluding carboxylic acids is 2. The van der Waals surface area contributed by atoms with Crippen LogP contribution in [0.25, 0.3) is 0 Å². The topological polar surface area (TPSA) is 101 Å². The van der Waals surface area contributed by atoms with E-state index >= 15 is 0 Å². The van der Waals surface area contributed by atoms with Crippen molar-refractivity contribution in [1.82, 2.24) is 0 Å². The van der Waals surface area contributed by atoms with Gasteiger partial charge < -0.3 is 15.7 Å². The Labute approximate surface area is 117 Å². The Bertz CT molecular complexity index is 573. The summed E-state index contributed by atoms with van der Waals surface area (Å²) in [6, 6.07) is 4.61. The molecule has 1 unspecified atom stereocenters. The van der Waals surface area contributed by atoms with E-state index in [-0.39, 0.29) is 24.4 Å². The van der Waals surface area contributed by atoms with E-state index in [1.165, 1.54) is 11.0 Å². The number of benzene rings is 1. The van der Waals surface area contributed by atoms with Gasteiger partial charge in [0.05, 0.1) is 21.6 Å². The Morgan fingerprint density at radius 1 is 1.42 bits per heavy atom. The molecular formula is C12H11BrN2O4. The largest absolute Gasteiger partial charge is 0.478 e. The van der Waals surface area contributed by atoms with Crippen molar-refractivity contribution in [3.8, 4) is 0 Å². The predicted molar refractivity (Wildman–Crippen MR) is 70.8 cm³/mol. The first-order chi connectivity index (χ1) is 8.91. The van der Waals surface area contributed by atoms with Gasteiger partial charge in [0, 0.05) is 13.0 Å². The summed E-state index contributed by atoms with van der Waals surface area (Å²) in [6.45, 7) is 0.176. The molecule has 1 heterocycles. The van der Waals surface area contributed by atoms with Crippen LogP contribution in [0.5, 0.6) is 0 Å². The fraction of sp³-hybridized carbons (Fsp3) is 0.250. The van der Waals surface area contributed by atoms with E-state index in [9.17, 15) is 14.4 Å². The molecule has 7 heteroatoms. The molecule has 19 heavy (non-hydrogen) atoms. The van der Waals surface area contributed by atoms with Gasteiger partial charge in [0.15, 0.2) is 0 Å². The third-order valence-electron chi connectivity index (χ3n) is 3.03. The summed E-state index contributed by atoms with van der Waals surface area (Å²) in [4.78, 5) is 35.4. The molecule has 0 spiro atoms. The van der Waals surface area contributed by atoms with Gasteiger partial charge in [-0.25, -0.2) is 4.79 Å². The number of anilines is 1. The highest BCUT2D eigenvalue weighted by molar-refractivity contribution is 9.10. The Balaban J connectivity index is 2.38. The smallest absolute Gasteiger partial charge is 0.336 e. The zero-order chi connectivity index (χ0) is 14.2. The number of hydrogen-bond donors (Lipinski definition) is 2. The number of carboxylic acids is 1. The number of nitrogens with zero attached hydrogens (tertiary/aromatic N) is 1. The van der Waals surface area contributed by atoms with Crippen molar-refractivity contribution in [2.45, 2.75) is 6.42 Å². The van der Waals surface area contributed by atoms with E-state index in [1.54, 1.807) is 12.1 Å². The van der Waals surface area contributed by atoms with Crippen molar-refractivity contribution in [2.75, 3.05) is 11.4 Å². The molecule has 0 aromatic heterocycles. The minimum Gasteiger partial charge on any atom is -0.478 e. The number of amides is 2. The van der Waals surface area contributed by atoms with Gasteiger partial charge in [-0.1, -0.05) is 6.07 Å². The molecule has 100 valence electrons. The van der Waals surface area contributed by atoms with Crippen LogP contribution in [0, 0.1) is 5.92 Å². The number of halogens is 1. The minimum atomic E-state index is -1.09. The molecule has 6 nitrogen and oxygen atoms in total. The molecule has 2 amide bonds. The second kappa shape index (κ2) is 5.00. The van der Waals surface area contributed by atoms with E-state index < -0.39 is 17.8 Å². The molecule has 2 rings (SSSR count). The van der Waals surface area contributed by atoms with Crippen LogP contribution in [0.15, 0.2) is 22.7 Å². The van der Waals surface area contributed by atoms with Crippen molar-refractivity contribution in [3.05, 3.63) is 28.2 Å². The molecule has 0 radical (unpaired) electrons. The summed E-state index contributed by atoms with van der Waals surface area (Å²) < 4.78 is 0.320. The average molecular weight is 327 g/mol. The van der Waals surface area contributed by atoms with Crippen molar-refractivity contribution < 1.29 is 19.5 Å². The van der Waals surface area contributed by atoms with Crippen LogP contribution >= 0.6 is 15.9 Å². The van der Waals surface area contributed by atoms with Gasteiger partial charge in [0.25, 0.3) is 0 Å². The van der Waals surface area contributed by atoms with E-state index in [4.69, 9.17) is 10.8 Å². The van der Waals surface area contributed by atoms with Gasteiger partial charge in [-0.05, 0) is 28.1 Å². The number of carboxylic acid groups (broad SMARTS) is 1. The van der Waals surface area contributed by atoms with Crippen LogP contribution in [0.2, 0.25) is 0 Å². The van der Waals surface area contributed by atoms with Gasteiger partial charge in [0.2, 0.25) is 11.8 Å². The van der Waals surface area contributed by atoms with E-state index in [1.807, 2.05) is 0 Å². The molecule has 1 fully saturated rings. The lowest BCUT2D eigenvalue weighted by molar-refractivity contribution is -0.123. The highest BCUT2D eigenvalue weighted by atomic mass is 79.9. The maximum Gasteiger partial charge on any atom is 0.336 e. The van der Waals surface area contributed by atoms with Crippen LogP contribution in [-0.2, 0) is 9.59 Å². The Morgan fingerprint density at radius 2 is 2.11 bits per heavy atom. The van der Waals surface area contributed by atoms with Crippen molar-refractivity contribution in [2.24, 2.45) is 11.7 Å². The fourth-order valence-electron chi connectivity index (χ4n) is 2.02. The van der Waals surface area contributed by atoms with Crippen LogP contribution in [0.1, 0.15) is 16.8 Å². The third kappa shape index (κ3) is 2.46. The molecule has 1 aromatic carbocycles. The van der Waals surface area contributed by atoms with Crippen LogP contribution in [0.4, 0.5) is 5.69 Å². The van der Waals surface area contributed by atoms with Gasteiger partial charge in [-0.3, -0.25) is 9.59 Å². The lowest BCUT2D eigenvalue weighted by Crippen LogP contribution is -2.28. The number of carbonyl (C=O) groups is 3. The normalized spacial score (nSPS) is 18.7. The summed E-state index contributed by atoms with van der Waals surface area (Å²) in [5.74, 6) is -2.40. The predicted octanol–water partition coefficient (Wildman–Crippen LogP) is 0.985. The van der Waals surface area contributed by atoms with Gasteiger partial charge in [-0.2, -0.15) is 0 Å². The molecule has 1 saturated heterocycles. The summed E-state index contributed by atoms with van der Waals surface area (Å²) in [5.41, 5.74) is 5.69. The standard InChI is InChI=1S/C12H11BrN2O4/c13-10-7(12(18)19)2-1-3-8(10)15-5-6(11(14)17)4-9(15)16/h1-3,6H,4-5H2,(H2,14,17)(H,18,19). The molecule has 3 N–H and O–H groups in total. The van der Waals surface area contributed by atoms with Gasteiger partial charge in [-0.15, -0.1) is 0 Å². The maximum atomic E-state index is 11.9. The minimum absolute atomic E-state index is 0.0546. The Kier molecular flexibility index (Phi) is 3.57. The lowest BCUT2D eigenvalue weighted by Gasteiger charge is -2.18. The summed E-state index contributed by atoms with van der Waals surface area (Å²) in [6.07, 6.45) is 0.0546. The number of rotatable bonds is 3. The highest BCUT2D eigenvalue weighted by Crippen LogP contribution is 2.33. The summed E-state index contributed by atoms with van der Waals surface area (Å²) in [7, 11) is 0. The van der Waals surface area contributed by atoms with E-state index in [0.717, 1.165) is 0 Å². The molecule has 1 aromatic rings. The highest BCUT2D eigenvalue weighted by Gasteiger charge is 2.35. The number of primary amides is 1. The molecule has 0 bridgehead atoms. The molecular weight excluding hydrogens is 316 g/mol. The number of hydrogen-bond acceptors (Lipinski definition) is 3. The summed E-state index contributed by atoms with van der Waals surface area (Å²) >= 11 is 3.19. The summed E-state index contributed by atoms with van der Waals surface area (Å²) in [5, 5.41) is 9.03. The molecule has 0 saturated carbocycles. The van der Waals surface area contributed by atoms with Crippen molar-refractivity contribution >= 4 is 39.4 Å². The zero-order valence-corrected chi connectivity index (χ0v) is 11.4. The first-order valence-electron chi connectivity index (χ1n) is 5.53. The average Bonchev–Trinajstić information content (AvgIpc) is 2.71. The van der Waals surface area contributed by atoms with E-state index in [2.05, 4.69) is 15.9 Å². The number of aromatic carboxylic acids is 1.